The summed E-state index contributed by atoms with van der Waals surface area (Å²) in [4.78, 5) is 17.6. The predicted molar refractivity (Wildman–Crippen MR) is 108 cm³/mol. The van der Waals surface area contributed by atoms with Crippen LogP contribution in [0.1, 0.15) is 38.7 Å². The van der Waals surface area contributed by atoms with Crippen molar-refractivity contribution in [2.45, 2.75) is 51.8 Å². The Kier molecular flexibility index (Phi) is 10.5. The van der Waals surface area contributed by atoms with Crippen LogP contribution in [0.2, 0.25) is 0 Å². The second-order valence-electron chi connectivity index (χ2n) is 6.85. The molecule has 8 heteroatoms. The van der Waals surface area contributed by atoms with Crippen LogP contribution in [0.15, 0.2) is 35.5 Å². The third kappa shape index (κ3) is 10.9. The Morgan fingerprint density at radius 1 is 1.33 bits per heavy atom. The van der Waals surface area contributed by atoms with Gasteiger partial charge in [-0.1, -0.05) is 49.3 Å². The van der Waals surface area contributed by atoms with Crippen molar-refractivity contribution in [3.63, 3.8) is 0 Å². The van der Waals surface area contributed by atoms with E-state index in [9.17, 15) is 4.79 Å². The summed E-state index contributed by atoms with van der Waals surface area (Å²) >= 11 is 0. The van der Waals surface area contributed by atoms with E-state index in [-0.39, 0.29) is 17.9 Å². The quantitative estimate of drug-likeness (QED) is 0.162. The number of amides is 1. The zero-order chi connectivity index (χ0) is 20.1. The number of hydrogen-bond donors (Lipinski definition) is 5. The summed E-state index contributed by atoms with van der Waals surface area (Å²) in [5.74, 6) is 0.0709. The zero-order valence-electron chi connectivity index (χ0n) is 16.2. The van der Waals surface area contributed by atoms with Gasteiger partial charge in [-0.25, -0.2) is 0 Å². The molecule has 7 N–H and O–H groups in total. The lowest BCUT2D eigenvalue weighted by molar-refractivity contribution is -0.122. The molecule has 150 valence electrons. The van der Waals surface area contributed by atoms with Gasteiger partial charge >= 0.3 is 0 Å². The van der Waals surface area contributed by atoms with Gasteiger partial charge in [-0.2, -0.15) is 0 Å². The van der Waals surface area contributed by atoms with Gasteiger partial charge in [0, 0.05) is 6.54 Å². The summed E-state index contributed by atoms with van der Waals surface area (Å²) in [6.45, 7) is 5.04. The average Bonchev–Trinajstić information content (AvgIpc) is 2.62. The highest BCUT2D eigenvalue weighted by Crippen LogP contribution is 2.05. The Balaban J connectivity index is 2.43. The number of hydrogen-bond acceptors (Lipinski definition) is 5. The average molecular weight is 377 g/mol. The maximum absolute atomic E-state index is 12.3. The first-order chi connectivity index (χ1) is 12.9. The summed E-state index contributed by atoms with van der Waals surface area (Å²) < 4.78 is 0. The van der Waals surface area contributed by atoms with E-state index < -0.39 is 6.04 Å². The van der Waals surface area contributed by atoms with Crippen molar-refractivity contribution in [1.29, 1.82) is 5.41 Å². The highest BCUT2D eigenvalue weighted by Gasteiger charge is 2.18. The number of carbonyl (C=O) groups excluding carboxylic acids is 1. The van der Waals surface area contributed by atoms with Crippen molar-refractivity contribution in [2.24, 2.45) is 22.5 Å². The van der Waals surface area contributed by atoms with Crippen LogP contribution >= 0.6 is 0 Å². The fraction of sp³-hybridized carbons (Fsp3) is 0.526. The Morgan fingerprint density at radius 3 is 2.67 bits per heavy atom. The first kappa shape index (κ1) is 22.4. The Hall–Kier alpha value is -2.61. The van der Waals surface area contributed by atoms with Crippen LogP contribution in [0.4, 0.5) is 0 Å². The number of carbonyl (C=O) groups is 1. The first-order valence-electron chi connectivity index (χ1n) is 9.21. The van der Waals surface area contributed by atoms with Crippen LogP contribution in [0.25, 0.3) is 0 Å². The van der Waals surface area contributed by atoms with E-state index in [0.29, 0.717) is 31.9 Å². The SMILES string of the molecule is CC(C)C[C@@H](/C=N/OCc1ccccc1)NC(=O)C(N)CCCNC(=N)N. The standard InChI is InChI=1S/C19H32N6O2/c1-14(2)11-16(12-24-27-13-15-7-4-3-5-8-15)25-18(26)17(20)9-6-10-23-19(21)22/h3-5,7-8,12,14,16-17H,6,9-11,13,20H2,1-2H3,(H,25,26)(H4,21,22,23)/b24-12+/t16-,17?/m0/s1. The van der Waals surface area contributed by atoms with E-state index in [1.54, 1.807) is 6.21 Å². The number of nitrogens with two attached hydrogens (primary N) is 2. The van der Waals surface area contributed by atoms with Gasteiger partial charge in [0.15, 0.2) is 5.96 Å². The second kappa shape index (κ2) is 12.7. The molecule has 1 amide bonds. The molecule has 1 unspecified atom stereocenters. The fourth-order valence-corrected chi connectivity index (χ4v) is 2.43. The summed E-state index contributed by atoms with van der Waals surface area (Å²) in [6.07, 6.45) is 3.51. The summed E-state index contributed by atoms with van der Waals surface area (Å²) in [5, 5.41) is 16.7. The number of nitrogens with one attached hydrogen (secondary N) is 3. The Bertz CT molecular complexity index is 591. The van der Waals surface area contributed by atoms with E-state index in [1.165, 1.54) is 0 Å². The lowest BCUT2D eigenvalue weighted by Crippen LogP contribution is -2.46. The molecular weight excluding hydrogens is 344 g/mol. The van der Waals surface area contributed by atoms with Gasteiger partial charge in [0.05, 0.1) is 18.3 Å². The highest BCUT2D eigenvalue weighted by atomic mass is 16.6. The summed E-state index contributed by atoms with van der Waals surface area (Å²) in [6, 6.07) is 8.89. The van der Waals surface area contributed by atoms with E-state index in [1.807, 2.05) is 30.3 Å². The van der Waals surface area contributed by atoms with Gasteiger partial charge in [0.25, 0.3) is 0 Å². The lowest BCUT2D eigenvalue weighted by Gasteiger charge is -2.19. The van der Waals surface area contributed by atoms with Gasteiger partial charge in [0.2, 0.25) is 5.91 Å². The molecule has 0 aliphatic rings. The molecule has 0 heterocycles. The van der Waals surface area contributed by atoms with E-state index in [4.69, 9.17) is 21.7 Å². The number of nitrogens with zero attached hydrogens (tertiary/aromatic N) is 1. The van der Waals surface area contributed by atoms with Crippen LogP contribution in [0, 0.1) is 11.3 Å². The minimum Gasteiger partial charge on any atom is -0.391 e. The molecule has 0 fully saturated rings. The maximum atomic E-state index is 12.3. The van der Waals surface area contributed by atoms with E-state index in [2.05, 4.69) is 29.6 Å². The molecule has 0 bridgehead atoms. The molecule has 0 aliphatic heterocycles. The largest absolute Gasteiger partial charge is 0.391 e. The van der Waals surface area contributed by atoms with Gasteiger partial charge in [-0.05, 0) is 30.7 Å². The third-order valence-electron chi connectivity index (χ3n) is 3.79. The Morgan fingerprint density at radius 2 is 2.04 bits per heavy atom. The minimum absolute atomic E-state index is 0.0864. The van der Waals surface area contributed by atoms with Crippen molar-refractivity contribution >= 4 is 18.1 Å². The van der Waals surface area contributed by atoms with Crippen LogP contribution in [0.5, 0.6) is 0 Å². The lowest BCUT2D eigenvalue weighted by atomic mass is 10.0. The number of rotatable bonds is 12. The smallest absolute Gasteiger partial charge is 0.237 e. The maximum Gasteiger partial charge on any atom is 0.237 e. The van der Waals surface area contributed by atoms with E-state index in [0.717, 1.165) is 12.0 Å². The van der Waals surface area contributed by atoms with Crippen molar-refractivity contribution in [1.82, 2.24) is 10.6 Å². The van der Waals surface area contributed by atoms with Gasteiger partial charge in [0.1, 0.15) is 6.61 Å². The van der Waals surface area contributed by atoms with Gasteiger partial charge < -0.3 is 26.9 Å². The van der Waals surface area contributed by atoms with Crippen molar-refractivity contribution < 1.29 is 9.63 Å². The second-order valence-corrected chi connectivity index (χ2v) is 6.85. The molecule has 0 aromatic heterocycles. The predicted octanol–water partition coefficient (Wildman–Crippen LogP) is 1.31. The molecule has 2 atom stereocenters. The first-order valence-corrected chi connectivity index (χ1v) is 9.21. The summed E-state index contributed by atoms with van der Waals surface area (Å²) in [7, 11) is 0. The Labute approximate surface area is 161 Å². The zero-order valence-corrected chi connectivity index (χ0v) is 16.2. The van der Waals surface area contributed by atoms with Crippen LogP contribution in [-0.4, -0.2) is 36.7 Å². The molecular formula is C19H32N6O2. The minimum atomic E-state index is -0.618. The topological polar surface area (TPSA) is 139 Å². The highest BCUT2D eigenvalue weighted by molar-refractivity contribution is 5.84. The molecule has 8 nitrogen and oxygen atoms in total. The third-order valence-corrected chi connectivity index (χ3v) is 3.79. The molecule has 0 saturated heterocycles. The molecule has 1 rings (SSSR count). The van der Waals surface area contributed by atoms with Crippen LogP contribution < -0.4 is 22.1 Å². The van der Waals surface area contributed by atoms with Gasteiger partial charge in [-0.3, -0.25) is 10.2 Å². The molecule has 0 spiro atoms. The molecule has 0 radical (unpaired) electrons. The van der Waals surface area contributed by atoms with E-state index >= 15 is 0 Å². The molecule has 27 heavy (non-hydrogen) atoms. The number of benzene rings is 1. The molecule has 1 aromatic rings. The van der Waals surface area contributed by atoms with Crippen LogP contribution in [0.3, 0.4) is 0 Å². The van der Waals surface area contributed by atoms with Gasteiger partial charge in [-0.15, -0.1) is 0 Å². The van der Waals surface area contributed by atoms with Crippen molar-refractivity contribution in [3.05, 3.63) is 35.9 Å². The molecule has 0 aliphatic carbocycles. The number of oxime groups is 1. The fourth-order valence-electron chi connectivity index (χ4n) is 2.43. The molecule has 1 aromatic carbocycles. The van der Waals surface area contributed by atoms with Crippen LogP contribution in [-0.2, 0) is 16.2 Å². The number of guanidine groups is 1. The van der Waals surface area contributed by atoms with Crippen molar-refractivity contribution in [3.8, 4) is 0 Å². The molecule has 0 saturated carbocycles. The normalized spacial score (nSPS) is 13.3. The van der Waals surface area contributed by atoms with Crippen molar-refractivity contribution in [2.75, 3.05) is 6.54 Å². The monoisotopic (exact) mass is 376 g/mol. The summed E-state index contributed by atoms with van der Waals surface area (Å²) in [5.41, 5.74) is 12.2.